The first-order valence-electron chi connectivity index (χ1n) is 5.26. The number of hydrogen-bond acceptors (Lipinski definition) is 4. The summed E-state index contributed by atoms with van der Waals surface area (Å²) in [5.74, 6) is 1.45. The highest BCUT2D eigenvalue weighted by molar-refractivity contribution is 6.33. The quantitative estimate of drug-likeness (QED) is 0.862. The number of nitrogens with one attached hydrogen (secondary N) is 1. The topological polar surface area (TPSA) is 39.7 Å². The fourth-order valence-corrected chi connectivity index (χ4v) is 2.10. The lowest BCUT2D eigenvalue weighted by atomic mass is 10.2. The lowest BCUT2D eigenvalue weighted by molar-refractivity contribution is 0.174. The van der Waals surface area contributed by atoms with Crippen LogP contribution in [-0.2, 0) is 4.74 Å². The van der Waals surface area contributed by atoms with Gasteiger partial charge in [0.05, 0.1) is 23.4 Å². The van der Waals surface area contributed by atoms with Gasteiger partial charge in [0.25, 0.3) is 0 Å². The zero-order chi connectivity index (χ0) is 11.0. The largest absolute Gasteiger partial charge is 0.454 e. The van der Waals surface area contributed by atoms with Gasteiger partial charge in [-0.3, -0.25) is 0 Å². The Hall–Kier alpha value is -1.13. The molecule has 1 N–H and O–H groups in total. The summed E-state index contributed by atoms with van der Waals surface area (Å²) in [7, 11) is 0. The van der Waals surface area contributed by atoms with Gasteiger partial charge in [-0.25, -0.2) is 0 Å². The van der Waals surface area contributed by atoms with E-state index in [-0.39, 0.29) is 6.79 Å². The van der Waals surface area contributed by atoms with Crippen LogP contribution >= 0.6 is 11.6 Å². The molecule has 1 saturated heterocycles. The molecule has 2 aliphatic heterocycles. The van der Waals surface area contributed by atoms with Crippen LogP contribution in [0.2, 0.25) is 5.02 Å². The highest BCUT2D eigenvalue weighted by Gasteiger charge is 2.20. The molecular formula is C11H12ClNO3. The van der Waals surface area contributed by atoms with E-state index in [9.17, 15) is 0 Å². The zero-order valence-corrected chi connectivity index (χ0v) is 9.42. The van der Waals surface area contributed by atoms with E-state index in [4.69, 9.17) is 25.8 Å². The molecule has 2 aliphatic rings. The van der Waals surface area contributed by atoms with Gasteiger partial charge in [0.2, 0.25) is 6.79 Å². The van der Waals surface area contributed by atoms with E-state index in [0.717, 1.165) is 31.1 Å². The summed E-state index contributed by atoms with van der Waals surface area (Å²) >= 11 is 6.15. The van der Waals surface area contributed by atoms with Crippen molar-refractivity contribution < 1.29 is 14.2 Å². The lowest BCUT2D eigenvalue weighted by Crippen LogP contribution is -2.19. The number of rotatable bonds is 2. The maximum Gasteiger partial charge on any atom is 0.231 e. The smallest absolute Gasteiger partial charge is 0.231 e. The summed E-state index contributed by atoms with van der Waals surface area (Å²) in [6.07, 6.45) is 1.00. The van der Waals surface area contributed by atoms with Gasteiger partial charge < -0.3 is 19.5 Å². The molecule has 0 amide bonds. The Labute approximate surface area is 98.4 Å². The standard InChI is InChI=1S/C11H12ClNO3/c12-8-3-10-11(16-6-15-10)4-9(8)13-7-1-2-14-5-7/h3-4,7,13H,1-2,5-6H2. The van der Waals surface area contributed by atoms with Crippen molar-refractivity contribution in [1.29, 1.82) is 0 Å². The van der Waals surface area contributed by atoms with Crippen LogP contribution in [0, 0.1) is 0 Å². The van der Waals surface area contributed by atoms with E-state index in [2.05, 4.69) is 5.32 Å². The minimum Gasteiger partial charge on any atom is -0.454 e. The second-order valence-corrected chi connectivity index (χ2v) is 4.30. The number of halogens is 1. The highest BCUT2D eigenvalue weighted by Crippen LogP contribution is 2.39. The third-order valence-corrected chi connectivity index (χ3v) is 3.06. The zero-order valence-electron chi connectivity index (χ0n) is 8.66. The summed E-state index contributed by atoms with van der Waals surface area (Å²) in [6.45, 7) is 1.80. The van der Waals surface area contributed by atoms with Gasteiger partial charge in [0.15, 0.2) is 11.5 Å². The van der Waals surface area contributed by atoms with Crippen LogP contribution in [0.25, 0.3) is 0 Å². The summed E-state index contributed by atoms with van der Waals surface area (Å²) in [4.78, 5) is 0. The van der Waals surface area contributed by atoms with Gasteiger partial charge in [-0.1, -0.05) is 11.6 Å². The molecule has 0 spiro atoms. The molecule has 0 saturated carbocycles. The number of benzene rings is 1. The van der Waals surface area contributed by atoms with Gasteiger partial charge in [0.1, 0.15) is 0 Å². The van der Waals surface area contributed by atoms with Gasteiger partial charge in [0, 0.05) is 18.7 Å². The molecule has 1 atom stereocenters. The molecule has 2 heterocycles. The second-order valence-electron chi connectivity index (χ2n) is 3.89. The maximum absolute atomic E-state index is 6.15. The Bertz CT molecular complexity index is 404. The molecule has 16 heavy (non-hydrogen) atoms. The van der Waals surface area contributed by atoms with Crippen LogP contribution in [0.15, 0.2) is 12.1 Å². The van der Waals surface area contributed by atoms with E-state index in [1.807, 2.05) is 6.07 Å². The fraction of sp³-hybridized carbons (Fsp3) is 0.455. The fourth-order valence-electron chi connectivity index (χ4n) is 1.90. The lowest BCUT2D eigenvalue weighted by Gasteiger charge is -2.14. The number of anilines is 1. The van der Waals surface area contributed by atoms with Crippen molar-refractivity contribution >= 4 is 17.3 Å². The number of ether oxygens (including phenoxy) is 3. The predicted octanol–water partition coefficient (Wildman–Crippen LogP) is 2.27. The van der Waals surface area contributed by atoms with E-state index >= 15 is 0 Å². The molecule has 86 valence electrons. The van der Waals surface area contributed by atoms with Crippen LogP contribution in [0.4, 0.5) is 5.69 Å². The molecule has 3 rings (SSSR count). The monoisotopic (exact) mass is 241 g/mol. The average Bonchev–Trinajstić information content (AvgIpc) is 2.89. The Morgan fingerprint density at radius 2 is 2.06 bits per heavy atom. The van der Waals surface area contributed by atoms with Crippen LogP contribution in [0.5, 0.6) is 11.5 Å². The summed E-state index contributed by atoms with van der Waals surface area (Å²) < 4.78 is 15.9. The Kier molecular flexibility index (Phi) is 2.53. The number of hydrogen-bond donors (Lipinski definition) is 1. The van der Waals surface area contributed by atoms with Gasteiger partial charge in [-0.15, -0.1) is 0 Å². The van der Waals surface area contributed by atoms with Crippen molar-refractivity contribution in [3.05, 3.63) is 17.2 Å². The van der Waals surface area contributed by atoms with Gasteiger partial charge in [-0.2, -0.15) is 0 Å². The van der Waals surface area contributed by atoms with Gasteiger partial charge in [-0.05, 0) is 6.42 Å². The molecule has 1 aromatic rings. The molecular weight excluding hydrogens is 230 g/mol. The minimum atomic E-state index is 0.266. The first-order valence-corrected chi connectivity index (χ1v) is 5.64. The Balaban J connectivity index is 1.83. The van der Waals surface area contributed by atoms with Crippen molar-refractivity contribution in [1.82, 2.24) is 0 Å². The molecule has 0 aromatic heterocycles. The normalized spacial score (nSPS) is 22.4. The molecule has 1 unspecified atom stereocenters. The molecule has 5 heteroatoms. The van der Waals surface area contributed by atoms with Crippen molar-refractivity contribution in [2.75, 3.05) is 25.3 Å². The Morgan fingerprint density at radius 1 is 1.25 bits per heavy atom. The molecule has 1 aromatic carbocycles. The minimum absolute atomic E-state index is 0.266. The summed E-state index contributed by atoms with van der Waals surface area (Å²) in [6, 6.07) is 3.99. The van der Waals surface area contributed by atoms with E-state index in [1.165, 1.54) is 0 Å². The molecule has 0 aliphatic carbocycles. The molecule has 1 fully saturated rings. The third kappa shape index (κ3) is 1.79. The van der Waals surface area contributed by atoms with E-state index in [0.29, 0.717) is 16.8 Å². The van der Waals surface area contributed by atoms with Crippen LogP contribution in [-0.4, -0.2) is 26.0 Å². The van der Waals surface area contributed by atoms with Crippen LogP contribution in [0.1, 0.15) is 6.42 Å². The van der Waals surface area contributed by atoms with E-state index in [1.54, 1.807) is 6.07 Å². The maximum atomic E-state index is 6.15. The molecule has 0 bridgehead atoms. The molecule has 0 radical (unpaired) electrons. The van der Waals surface area contributed by atoms with Crippen LogP contribution < -0.4 is 14.8 Å². The number of fused-ring (bicyclic) bond motifs is 1. The van der Waals surface area contributed by atoms with Crippen molar-refractivity contribution in [2.24, 2.45) is 0 Å². The predicted molar refractivity (Wildman–Crippen MR) is 60.4 cm³/mol. The van der Waals surface area contributed by atoms with Gasteiger partial charge >= 0.3 is 0 Å². The van der Waals surface area contributed by atoms with Crippen molar-refractivity contribution in [2.45, 2.75) is 12.5 Å². The molecule has 4 nitrogen and oxygen atoms in total. The summed E-state index contributed by atoms with van der Waals surface area (Å²) in [5, 5.41) is 4.00. The first-order chi connectivity index (χ1) is 7.83. The van der Waals surface area contributed by atoms with Crippen molar-refractivity contribution in [3.8, 4) is 11.5 Å². The second kappa shape index (κ2) is 4.03. The van der Waals surface area contributed by atoms with Crippen LogP contribution in [0.3, 0.4) is 0 Å². The highest BCUT2D eigenvalue weighted by atomic mass is 35.5. The summed E-state index contributed by atoms with van der Waals surface area (Å²) in [5.41, 5.74) is 0.876. The van der Waals surface area contributed by atoms with E-state index < -0.39 is 0 Å². The average molecular weight is 242 g/mol. The SMILES string of the molecule is Clc1cc2c(cc1NC1CCOC1)OCO2. The first kappa shape index (κ1) is 10.1. The third-order valence-electron chi connectivity index (χ3n) is 2.75. The van der Waals surface area contributed by atoms with Crippen molar-refractivity contribution in [3.63, 3.8) is 0 Å². The Morgan fingerprint density at radius 3 is 2.81 bits per heavy atom.